The van der Waals surface area contributed by atoms with Crippen LogP contribution in [0.4, 0.5) is 0 Å². The van der Waals surface area contributed by atoms with E-state index in [4.69, 9.17) is 0 Å². The van der Waals surface area contributed by atoms with Crippen molar-refractivity contribution in [3.8, 4) is 11.4 Å². The summed E-state index contributed by atoms with van der Waals surface area (Å²) in [5, 5.41) is 29.9. The largest absolute Gasteiger partial charge is 3.00 e. The number of pyridine rings is 2. The standard InChI is InChI=1S/C10H8N2.3C5H8O2.Tb/c1-3-7-11-9(5-1)10-6-2-4-8-12-10;3*1-4(6)3-5(2)7;/h1-8H;3*3,6H,1-2H3;/q;;;;+3/p-3/b;3*4-3-;. The van der Waals surface area contributed by atoms with Crippen LogP contribution < -0.4 is 15.3 Å². The van der Waals surface area contributed by atoms with E-state index in [1.165, 1.54) is 41.5 Å². The van der Waals surface area contributed by atoms with Crippen LogP contribution in [0.2, 0.25) is 0 Å². The number of rotatable bonds is 4. The molecule has 0 bridgehead atoms. The molecule has 0 radical (unpaired) electrons. The molecule has 2 aromatic heterocycles. The van der Waals surface area contributed by atoms with Gasteiger partial charge in [-0.05, 0) is 63.3 Å². The number of allylic oxidation sites excluding steroid dienone is 6. The van der Waals surface area contributed by atoms with Crippen LogP contribution in [0.25, 0.3) is 11.4 Å². The average molecular weight is 612 g/mol. The van der Waals surface area contributed by atoms with E-state index in [1.54, 1.807) is 12.4 Å². The quantitative estimate of drug-likeness (QED) is 0.375. The molecule has 2 aromatic rings. The first-order valence-electron chi connectivity index (χ1n) is 9.75. The molecular weight excluding hydrogens is 583 g/mol. The summed E-state index contributed by atoms with van der Waals surface area (Å²) in [7, 11) is 0. The van der Waals surface area contributed by atoms with E-state index in [2.05, 4.69) is 9.97 Å². The van der Waals surface area contributed by atoms with Crippen molar-refractivity contribution >= 4 is 17.3 Å². The van der Waals surface area contributed by atoms with Crippen molar-refractivity contribution in [3.05, 3.63) is 84.3 Å². The number of hydrogen-bond acceptors (Lipinski definition) is 8. The molecule has 2 rings (SSSR count). The first kappa shape index (κ1) is 35.8. The summed E-state index contributed by atoms with van der Waals surface area (Å²) in [4.78, 5) is 38.3. The Balaban J connectivity index is -0.000000390. The number of hydrogen-bond donors (Lipinski definition) is 0. The molecule has 0 atom stereocenters. The molecule has 0 aliphatic heterocycles. The summed E-state index contributed by atoms with van der Waals surface area (Å²) >= 11 is 0. The normalized spacial score (nSPS) is 10.5. The molecule has 9 heteroatoms. The number of nitrogens with zero attached hydrogens (tertiary/aromatic N) is 2. The van der Waals surface area contributed by atoms with Crippen LogP contribution in [0.15, 0.2) is 84.3 Å². The molecule has 0 N–H and O–H groups in total. The minimum Gasteiger partial charge on any atom is -0.876 e. The Labute approximate surface area is 231 Å². The fourth-order valence-corrected chi connectivity index (χ4v) is 1.89. The zero-order valence-electron chi connectivity index (χ0n) is 20.0. The van der Waals surface area contributed by atoms with Crippen molar-refractivity contribution in [1.29, 1.82) is 0 Å². The Morgan fingerprint density at radius 2 is 0.853 bits per heavy atom. The van der Waals surface area contributed by atoms with Crippen LogP contribution in [-0.4, -0.2) is 27.3 Å². The topological polar surface area (TPSA) is 146 Å². The SMILES string of the molecule is CC(=O)/C=C(/C)[O-].CC(=O)/C=C(/C)[O-].CC(=O)/C=C(/C)[O-].[Tb+3].c1ccc(-c2ccccn2)nc1. The maximum atomic E-state index is 9.98. The smallest absolute Gasteiger partial charge is 0.876 e. The molecule has 0 aromatic carbocycles. The third kappa shape index (κ3) is 27.2. The molecule has 184 valence electrons. The van der Waals surface area contributed by atoms with Gasteiger partial charge in [-0.15, -0.1) is 17.3 Å². The van der Waals surface area contributed by atoms with Crippen molar-refractivity contribution < 1.29 is 68.3 Å². The van der Waals surface area contributed by atoms with Crippen LogP contribution in [0.1, 0.15) is 41.5 Å². The molecule has 0 unspecified atom stereocenters. The van der Waals surface area contributed by atoms with E-state index in [0.717, 1.165) is 29.6 Å². The third-order valence-electron chi connectivity index (χ3n) is 2.81. The number of carbonyl (C=O) groups excluding carboxylic acids is 3. The second-order valence-corrected chi connectivity index (χ2v) is 6.53. The molecule has 8 nitrogen and oxygen atoms in total. The van der Waals surface area contributed by atoms with Crippen LogP contribution >= 0.6 is 0 Å². The Morgan fingerprint density at radius 1 is 0.588 bits per heavy atom. The number of carbonyl (C=O) groups is 3. The van der Waals surface area contributed by atoms with Gasteiger partial charge in [0.15, 0.2) is 17.3 Å². The summed E-state index contributed by atoms with van der Waals surface area (Å²) in [5.41, 5.74) is 1.83. The van der Waals surface area contributed by atoms with E-state index in [1.807, 2.05) is 36.4 Å². The Morgan fingerprint density at radius 3 is 0.971 bits per heavy atom. The van der Waals surface area contributed by atoms with Crippen molar-refractivity contribution in [2.24, 2.45) is 0 Å². The molecule has 0 spiro atoms. The molecule has 0 amide bonds. The van der Waals surface area contributed by atoms with Gasteiger partial charge in [0.1, 0.15) is 0 Å². The van der Waals surface area contributed by atoms with E-state index >= 15 is 0 Å². The Hall–Kier alpha value is -2.78. The first-order valence-corrected chi connectivity index (χ1v) is 9.75. The van der Waals surface area contributed by atoms with Crippen molar-refractivity contribution in [2.45, 2.75) is 41.5 Å². The Kier molecular flexibility index (Phi) is 23.2. The second kappa shape index (κ2) is 22.0. The van der Waals surface area contributed by atoms with E-state index in [-0.39, 0.29) is 73.2 Å². The van der Waals surface area contributed by atoms with Gasteiger partial charge in [0.25, 0.3) is 0 Å². The van der Waals surface area contributed by atoms with Gasteiger partial charge in [0, 0.05) is 12.4 Å². The molecule has 0 aliphatic rings. The van der Waals surface area contributed by atoms with E-state index in [0.29, 0.717) is 0 Å². The minimum absolute atomic E-state index is 0. The predicted molar refractivity (Wildman–Crippen MR) is 121 cm³/mol. The summed E-state index contributed by atoms with van der Waals surface area (Å²) in [6, 6.07) is 11.6. The van der Waals surface area contributed by atoms with Crippen molar-refractivity contribution in [2.75, 3.05) is 0 Å². The summed E-state index contributed by atoms with van der Waals surface area (Å²) < 4.78 is 0. The van der Waals surface area contributed by atoms with E-state index in [9.17, 15) is 29.7 Å². The fraction of sp³-hybridized carbons (Fsp3) is 0.240. The van der Waals surface area contributed by atoms with Gasteiger partial charge in [0.05, 0.1) is 11.4 Å². The predicted octanol–water partition coefficient (Wildman–Crippen LogP) is 1.66. The monoisotopic (exact) mass is 612 g/mol. The van der Waals surface area contributed by atoms with Gasteiger partial charge < -0.3 is 15.3 Å². The number of ketones is 3. The maximum absolute atomic E-state index is 9.98. The Bertz CT molecular complexity index is 840. The first-order chi connectivity index (χ1) is 15.3. The van der Waals surface area contributed by atoms with Gasteiger partial charge in [-0.3, -0.25) is 24.4 Å². The zero-order chi connectivity index (χ0) is 25.8. The summed E-state index contributed by atoms with van der Waals surface area (Å²) in [5.74, 6) is -1.12. The van der Waals surface area contributed by atoms with Gasteiger partial charge in [-0.1, -0.05) is 32.9 Å². The van der Waals surface area contributed by atoms with Crippen LogP contribution in [0.3, 0.4) is 0 Å². The summed E-state index contributed by atoms with van der Waals surface area (Å²) in [6.45, 7) is 8.09. The fourth-order valence-electron chi connectivity index (χ4n) is 1.89. The second-order valence-electron chi connectivity index (χ2n) is 6.53. The molecule has 34 heavy (non-hydrogen) atoms. The maximum Gasteiger partial charge on any atom is 3.00 e. The molecular formula is C25H29N2O6Tb. The van der Waals surface area contributed by atoms with Gasteiger partial charge in [0.2, 0.25) is 0 Å². The summed E-state index contributed by atoms with van der Waals surface area (Å²) in [6.07, 6.45) is 6.70. The molecule has 0 saturated heterocycles. The van der Waals surface area contributed by atoms with Crippen LogP contribution in [0, 0.1) is 38.6 Å². The van der Waals surface area contributed by atoms with Gasteiger partial charge in [-0.2, -0.15) is 0 Å². The molecule has 0 aliphatic carbocycles. The minimum atomic E-state index is -0.187. The molecule has 2 heterocycles. The third-order valence-corrected chi connectivity index (χ3v) is 2.81. The van der Waals surface area contributed by atoms with Crippen LogP contribution in [-0.2, 0) is 14.4 Å². The average Bonchev–Trinajstić information content (AvgIpc) is 2.67. The van der Waals surface area contributed by atoms with Gasteiger partial charge in [-0.25, -0.2) is 0 Å². The van der Waals surface area contributed by atoms with Crippen LogP contribution in [0.5, 0.6) is 0 Å². The zero-order valence-corrected chi connectivity index (χ0v) is 22.2. The van der Waals surface area contributed by atoms with Gasteiger partial charge >= 0.3 is 38.6 Å². The van der Waals surface area contributed by atoms with Crippen molar-refractivity contribution in [1.82, 2.24) is 9.97 Å². The number of aromatic nitrogens is 2. The molecule has 0 saturated carbocycles. The van der Waals surface area contributed by atoms with Crippen molar-refractivity contribution in [3.63, 3.8) is 0 Å². The molecule has 0 fully saturated rings. The van der Waals surface area contributed by atoms with E-state index < -0.39 is 0 Å².